The van der Waals surface area contributed by atoms with Crippen LogP contribution in [0.5, 0.6) is 5.88 Å². The molecule has 6 nitrogen and oxygen atoms in total. The van der Waals surface area contributed by atoms with Gasteiger partial charge in [-0.3, -0.25) is 0 Å². The van der Waals surface area contributed by atoms with Crippen molar-refractivity contribution in [3.05, 3.63) is 11.8 Å². The Balaban J connectivity index is 2.15. The van der Waals surface area contributed by atoms with Crippen LogP contribution >= 0.6 is 0 Å². The summed E-state index contributed by atoms with van der Waals surface area (Å²) in [5.74, 6) is 0.731. The fourth-order valence-corrected chi connectivity index (χ4v) is 1.48. The molecule has 0 saturated heterocycles. The summed E-state index contributed by atoms with van der Waals surface area (Å²) >= 11 is 0. The second kappa shape index (κ2) is 6.45. The van der Waals surface area contributed by atoms with Gasteiger partial charge in [0.2, 0.25) is 5.88 Å². The molecule has 0 atom stereocenters. The molecule has 1 aromatic heterocycles. The van der Waals surface area contributed by atoms with Crippen LogP contribution in [-0.4, -0.2) is 34.6 Å². The van der Waals surface area contributed by atoms with E-state index in [0.717, 1.165) is 11.6 Å². The fourth-order valence-electron chi connectivity index (χ4n) is 1.48. The molecule has 0 unspecified atom stereocenters. The van der Waals surface area contributed by atoms with Gasteiger partial charge in [-0.1, -0.05) is 0 Å². The number of aryl methyl sites for hydroxylation is 2. The lowest BCUT2D eigenvalue weighted by Crippen LogP contribution is -2.33. The van der Waals surface area contributed by atoms with E-state index in [0.29, 0.717) is 19.6 Å². The molecular weight excluding hydrogens is 246 g/mol. The van der Waals surface area contributed by atoms with Crippen molar-refractivity contribution in [3.63, 3.8) is 0 Å². The first kappa shape index (κ1) is 15.3. The van der Waals surface area contributed by atoms with Gasteiger partial charge in [0.05, 0.1) is 12.3 Å². The molecule has 108 valence electrons. The number of nitrogens with one attached hydrogen (secondary N) is 1. The normalized spacial score (nSPS) is 11.2. The first-order valence-corrected chi connectivity index (χ1v) is 6.38. The lowest BCUT2D eigenvalue weighted by atomic mass is 10.2. The van der Waals surface area contributed by atoms with Crippen LogP contribution in [0.1, 0.15) is 32.9 Å². The van der Waals surface area contributed by atoms with Crippen molar-refractivity contribution in [2.24, 2.45) is 7.05 Å². The largest absolute Gasteiger partial charge is 0.478 e. The second-order valence-corrected chi connectivity index (χ2v) is 5.38. The molecule has 0 fully saturated rings. The van der Waals surface area contributed by atoms with E-state index >= 15 is 0 Å². The minimum absolute atomic E-state index is 0.399. The molecule has 0 spiro atoms. The van der Waals surface area contributed by atoms with Crippen LogP contribution in [-0.2, 0) is 11.8 Å². The van der Waals surface area contributed by atoms with Gasteiger partial charge in [0.1, 0.15) is 5.60 Å². The Hall–Kier alpha value is -1.72. The van der Waals surface area contributed by atoms with Crippen LogP contribution in [0.3, 0.4) is 0 Å². The van der Waals surface area contributed by atoms with E-state index in [4.69, 9.17) is 9.47 Å². The zero-order valence-electron chi connectivity index (χ0n) is 12.3. The van der Waals surface area contributed by atoms with E-state index in [-0.39, 0.29) is 0 Å². The third-order valence-electron chi connectivity index (χ3n) is 2.20. The molecule has 0 radical (unpaired) electrons. The minimum atomic E-state index is -0.465. The van der Waals surface area contributed by atoms with Crippen molar-refractivity contribution in [3.8, 4) is 5.88 Å². The first-order chi connectivity index (χ1) is 8.78. The second-order valence-electron chi connectivity index (χ2n) is 5.38. The van der Waals surface area contributed by atoms with Gasteiger partial charge >= 0.3 is 6.09 Å². The molecule has 1 rings (SSSR count). The fraction of sp³-hybridized carbons (Fsp3) is 0.692. The van der Waals surface area contributed by atoms with E-state index < -0.39 is 11.7 Å². The van der Waals surface area contributed by atoms with E-state index in [1.807, 2.05) is 40.8 Å². The lowest BCUT2D eigenvalue weighted by molar-refractivity contribution is 0.0525. The number of aromatic nitrogens is 2. The SMILES string of the molecule is Cc1cc(OCCCNC(=O)OC(C)(C)C)n(C)n1. The van der Waals surface area contributed by atoms with Crippen LogP contribution < -0.4 is 10.1 Å². The van der Waals surface area contributed by atoms with Crippen molar-refractivity contribution in [1.82, 2.24) is 15.1 Å². The number of alkyl carbamates (subject to hydrolysis) is 1. The maximum Gasteiger partial charge on any atom is 0.407 e. The van der Waals surface area contributed by atoms with Crippen LogP contribution in [0.15, 0.2) is 6.07 Å². The molecule has 0 saturated carbocycles. The van der Waals surface area contributed by atoms with Crippen LogP contribution in [0.4, 0.5) is 4.79 Å². The number of nitrogens with zero attached hydrogens (tertiary/aromatic N) is 2. The van der Waals surface area contributed by atoms with E-state index in [9.17, 15) is 4.79 Å². The molecule has 0 aliphatic heterocycles. The van der Waals surface area contributed by atoms with Gasteiger partial charge in [-0.25, -0.2) is 9.48 Å². The molecule has 0 aromatic carbocycles. The molecule has 1 aromatic rings. The summed E-state index contributed by atoms with van der Waals surface area (Å²) in [7, 11) is 1.83. The first-order valence-electron chi connectivity index (χ1n) is 6.38. The summed E-state index contributed by atoms with van der Waals surface area (Å²) in [5.41, 5.74) is 0.455. The van der Waals surface area contributed by atoms with E-state index in [1.54, 1.807) is 4.68 Å². The summed E-state index contributed by atoms with van der Waals surface area (Å²) in [6.07, 6.45) is 0.313. The predicted octanol–water partition coefficient (Wildman–Crippen LogP) is 2.02. The average molecular weight is 269 g/mol. The number of carbonyl (C=O) groups is 1. The number of ether oxygens (including phenoxy) is 2. The summed E-state index contributed by atoms with van der Waals surface area (Å²) in [4.78, 5) is 11.4. The molecule has 1 amide bonds. The molecule has 0 bridgehead atoms. The molecular formula is C13H23N3O3. The summed E-state index contributed by atoms with van der Waals surface area (Å²) in [5, 5.41) is 6.86. The predicted molar refractivity (Wildman–Crippen MR) is 72.3 cm³/mol. The van der Waals surface area contributed by atoms with Crippen molar-refractivity contribution in [2.75, 3.05) is 13.2 Å². The van der Waals surface area contributed by atoms with Crippen molar-refractivity contribution in [1.29, 1.82) is 0 Å². The Morgan fingerprint density at radius 2 is 2.16 bits per heavy atom. The highest BCUT2D eigenvalue weighted by Crippen LogP contribution is 2.11. The summed E-state index contributed by atoms with van der Waals surface area (Å²) < 4.78 is 12.4. The topological polar surface area (TPSA) is 65.4 Å². The van der Waals surface area contributed by atoms with Crippen LogP contribution in [0, 0.1) is 6.92 Å². The molecule has 0 aliphatic rings. The summed E-state index contributed by atoms with van der Waals surface area (Å²) in [6, 6.07) is 1.88. The maximum atomic E-state index is 11.4. The number of hydrogen-bond acceptors (Lipinski definition) is 4. The minimum Gasteiger partial charge on any atom is -0.478 e. The average Bonchev–Trinajstić information content (AvgIpc) is 2.54. The van der Waals surface area contributed by atoms with Gasteiger partial charge in [0, 0.05) is 19.7 Å². The van der Waals surface area contributed by atoms with E-state index in [2.05, 4.69) is 10.4 Å². The molecule has 1 heterocycles. The van der Waals surface area contributed by atoms with Crippen LogP contribution in [0.25, 0.3) is 0 Å². The molecule has 6 heteroatoms. The maximum absolute atomic E-state index is 11.4. The number of hydrogen-bond donors (Lipinski definition) is 1. The number of amides is 1. The van der Waals surface area contributed by atoms with Gasteiger partial charge in [0.15, 0.2) is 0 Å². The monoisotopic (exact) mass is 269 g/mol. The highest BCUT2D eigenvalue weighted by Gasteiger charge is 2.15. The van der Waals surface area contributed by atoms with Crippen LogP contribution in [0.2, 0.25) is 0 Å². The smallest absolute Gasteiger partial charge is 0.407 e. The Bertz CT molecular complexity index is 421. The molecule has 19 heavy (non-hydrogen) atoms. The summed E-state index contributed by atoms with van der Waals surface area (Å²) in [6.45, 7) is 8.46. The Kier molecular flexibility index (Phi) is 5.20. The van der Waals surface area contributed by atoms with Gasteiger partial charge in [-0.15, -0.1) is 0 Å². The lowest BCUT2D eigenvalue weighted by Gasteiger charge is -2.19. The number of rotatable bonds is 5. The quantitative estimate of drug-likeness (QED) is 0.831. The third-order valence-corrected chi connectivity index (χ3v) is 2.20. The van der Waals surface area contributed by atoms with Crippen molar-refractivity contribution in [2.45, 2.75) is 39.7 Å². The highest BCUT2D eigenvalue weighted by atomic mass is 16.6. The molecule has 0 aliphatic carbocycles. The van der Waals surface area contributed by atoms with Crippen molar-refractivity contribution < 1.29 is 14.3 Å². The van der Waals surface area contributed by atoms with Gasteiger partial charge in [-0.05, 0) is 34.1 Å². The Morgan fingerprint density at radius 1 is 1.47 bits per heavy atom. The van der Waals surface area contributed by atoms with Crippen molar-refractivity contribution >= 4 is 6.09 Å². The van der Waals surface area contributed by atoms with Gasteiger partial charge in [-0.2, -0.15) is 5.10 Å². The van der Waals surface area contributed by atoms with E-state index in [1.165, 1.54) is 0 Å². The standard InChI is InChI=1S/C13H23N3O3/c1-10-9-11(16(5)15-10)18-8-6-7-14-12(17)19-13(2,3)4/h9H,6-8H2,1-5H3,(H,14,17). The number of carbonyl (C=O) groups excluding carboxylic acids is 1. The van der Waals surface area contributed by atoms with Gasteiger partial charge < -0.3 is 14.8 Å². The zero-order valence-corrected chi connectivity index (χ0v) is 12.3. The Labute approximate surface area is 114 Å². The Morgan fingerprint density at radius 3 is 2.68 bits per heavy atom. The molecule has 1 N–H and O–H groups in total. The highest BCUT2D eigenvalue weighted by molar-refractivity contribution is 5.67. The third kappa shape index (κ3) is 6.13. The zero-order chi connectivity index (χ0) is 14.5. The van der Waals surface area contributed by atoms with Gasteiger partial charge in [0.25, 0.3) is 0 Å².